The van der Waals surface area contributed by atoms with E-state index in [1.807, 2.05) is 0 Å². The summed E-state index contributed by atoms with van der Waals surface area (Å²) in [4.78, 5) is 2.55. The molecule has 3 heteroatoms. The fraction of sp³-hybridized carbons (Fsp3) is 1.00. The van der Waals surface area contributed by atoms with Crippen molar-refractivity contribution in [1.82, 2.24) is 4.90 Å². The van der Waals surface area contributed by atoms with Gasteiger partial charge in [0.1, 0.15) is 0 Å². The maximum Gasteiger partial charge on any atom is 0.0628 e. The number of hydrogen-bond donors (Lipinski definition) is 0. The van der Waals surface area contributed by atoms with Crippen LogP contribution in [0.5, 0.6) is 0 Å². The molecule has 2 rings (SSSR count). The van der Waals surface area contributed by atoms with Crippen LogP contribution in [0.25, 0.3) is 0 Å². The zero-order valence-corrected chi connectivity index (χ0v) is 10.7. The summed E-state index contributed by atoms with van der Waals surface area (Å²) in [6.07, 6.45) is 7.36. The monoisotopic (exact) mass is 227 g/mol. The lowest BCUT2D eigenvalue weighted by atomic mass is 9.91. The van der Waals surface area contributed by atoms with Crippen molar-refractivity contribution in [2.45, 2.75) is 57.3 Å². The highest BCUT2D eigenvalue weighted by Gasteiger charge is 2.32. The van der Waals surface area contributed by atoms with Crippen molar-refractivity contribution in [2.24, 2.45) is 0 Å². The highest BCUT2D eigenvalue weighted by Crippen LogP contribution is 2.28. The first-order chi connectivity index (χ1) is 7.81. The average Bonchev–Trinajstić information content (AvgIpc) is 2.25. The van der Waals surface area contributed by atoms with Crippen molar-refractivity contribution in [3.8, 4) is 0 Å². The van der Waals surface area contributed by atoms with Gasteiger partial charge in [0.2, 0.25) is 0 Å². The van der Waals surface area contributed by atoms with E-state index in [1.54, 1.807) is 7.11 Å². The van der Waals surface area contributed by atoms with Gasteiger partial charge in [0.15, 0.2) is 0 Å². The summed E-state index contributed by atoms with van der Waals surface area (Å²) >= 11 is 0. The van der Waals surface area contributed by atoms with E-state index in [9.17, 15) is 0 Å². The van der Waals surface area contributed by atoms with E-state index in [0.29, 0.717) is 18.3 Å². The molecule has 1 saturated carbocycles. The molecule has 0 radical (unpaired) electrons. The maximum absolute atomic E-state index is 6.08. The van der Waals surface area contributed by atoms with Crippen molar-refractivity contribution in [1.29, 1.82) is 0 Å². The fourth-order valence-corrected chi connectivity index (χ4v) is 2.68. The number of likely N-dealkylation sites (tertiary alicyclic amines) is 1. The summed E-state index contributed by atoms with van der Waals surface area (Å²) in [6.45, 7) is 5.95. The minimum absolute atomic E-state index is 0.463. The quantitative estimate of drug-likeness (QED) is 0.717. The van der Waals surface area contributed by atoms with Gasteiger partial charge in [-0.3, -0.25) is 0 Å². The average molecular weight is 227 g/mol. The molecule has 1 aliphatic carbocycles. The van der Waals surface area contributed by atoms with Crippen LogP contribution < -0.4 is 0 Å². The Kier molecular flexibility index (Phi) is 4.62. The van der Waals surface area contributed by atoms with Crippen molar-refractivity contribution in [3.63, 3.8) is 0 Å². The minimum atomic E-state index is 0.463. The molecule has 0 unspecified atom stereocenters. The lowest BCUT2D eigenvalue weighted by Crippen LogP contribution is -2.43. The molecule has 0 bridgehead atoms. The first-order valence-electron chi connectivity index (χ1n) is 6.72. The summed E-state index contributed by atoms with van der Waals surface area (Å²) in [6, 6.07) is 0. The third-order valence-corrected chi connectivity index (χ3v) is 3.84. The van der Waals surface area contributed by atoms with Gasteiger partial charge >= 0.3 is 0 Å². The van der Waals surface area contributed by atoms with Gasteiger partial charge in [-0.15, -0.1) is 0 Å². The molecule has 3 nitrogen and oxygen atoms in total. The van der Waals surface area contributed by atoms with Gasteiger partial charge < -0.3 is 14.4 Å². The number of methoxy groups -OCH3 is 1. The molecule has 0 aromatic heterocycles. The van der Waals surface area contributed by atoms with Crippen LogP contribution in [-0.4, -0.2) is 50.0 Å². The largest absolute Gasteiger partial charge is 0.381 e. The van der Waals surface area contributed by atoms with Gasteiger partial charge in [-0.25, -0.2) is 0 Å². The number of nitrogens with zero attached hydrogens (tertiary/aromatic N) is 1. The summed E-state index contributed by atoms with van der Waals surface area (Å²) in [5.41, 5.74) is 0. The van der Waals surface area contributed by atoms with Crippen molar-refractivity contribution in [2.75, 3.05) is 26.7 Å². The summed E-state index contributed by atoms with van der Waals surface area (Å²) < 4.78 is 11.3. The molecule has 0 aromatic carbocycles. The van der Waals surface area contributed by atoms with Gasteiger partial charge in [0.05, 0.1) is 18.3 Å². The summed E-state index contributed by atoms with van der Waals surface area (Å²) in [5.74, 6) is 0. The zero-order chi connectivity index (χ0) is 11.4. The summed E-state index contributed by atoms with van der Waals surface area (Å²) in [5, 5.41) is 0. The van der Waals surface area contributed by atoms with Gasteiger partial charge in [-0.05, 0) is 38.6 Å². The Bertz CT molecular complexity index is 196. The molecule has 1 heterocycles. The molecule has 1 aliphatic heterocycles. The van der Waals surface area contributed by atoms with Crippen LogP contribution >= 0.6 is 0 Å². The molecular weight excluding hydrogens is 202 g/mol. The van der Waals surface area contributed by atoms with Crippen LogP contribution in [0.3, 0.4) is 0 Å². The van der Waals surface area contributed by atoms with E-state index < -0.39 is 0 Å². The Balaban J connectivity index is 1.59. The fourth-order valence-electron chi connectivity index (χ4n) is 2.68. The Hall–Kier alpha value is -0.120. The second-order valence-corrected chi connectivity index (χ2v) is 5.13. The first kappa shape index (κ1) is 12.3. The normalized spacial score (nSPS) is 32.6. The first-order valence-corrected chi connectivity index (χ1v) is 6.72. The Morgan fingerprint density at radius 2 is 1.75 bits per heavy atom. The number of hydrogen-bond acceptors (Lipinski definition) is 3. The van der Waals surface area contributed by atoms with E-state index in [0.717, 1.165) is 12.8 Å². The Morgan fingerprint density at radius 3 is 2.31 bits per heavy atom. The molecular formula is C13H25NO2. The van der Waals surface area contributed by atoms with E-state index in [1.165, 1.54) is 38.9 Å². The second-order valence-electron chi connectivity index (χ2n) is 5.13. The standard InChI is InChI=1S/C13H25NO2/c1-3-6-14-7-4-11(5-8-14)16-13-9-12(10-13)15-2/h11-13H,3-10H2,1-2H3/t12-,13-. The molecule has 16 heavy (non-hydrogen) atoms. The van der Waals surface area contributed by atoms with Crippen LogP contribution in [0.2, 0.25) is 0 Å². The lowest BCUT2D eigenvalue weighted by molar-refractivity contribution is -0.126. The molecule has 0 N–H and O–H groups in total. The summed E-state index contributed by atoms with van der Waals surface area (Å²) in [7, 11) is 1.80. The highest BCUT2D eigenvalue weighted by atomic mass is 16.5. The maximum atomic E-state index is 6.08. The number of ether oxygens (including phenoxy) is 2. The van der Waals surface area contributed by atoms with E-state index >= 15 is 0 Å². The van der Waals surface area contributed by atoms with Gasteiger partial charge in [0.25, 0.3) is 0 Å². The third kappa shape index (κ3) is 3.19. The molecule has 2 fully saturated rings. The number of rotatable bonds is 5. The Morgan fingerprint density at radius 1 is 1.06 bits per heavy atom. The smallest absolute Gasteiger partial charge is 0.0628 e. The highest BCUT2D eigenvalue weighted by molar-refractivity contribution is 4.83. The SMILES string of the molecule is CCCN1CCC(O[C@H]2C[C@H](OC)C2)CC1. The van der Waals surface area contributed by atoms with E-state index in [2.05, 4.69) is 11.8 Å². The zero-order valence-electron chi connectivity index (χ0n) is 10.7. The van der Waals surface area contributed by atoms with Gasteiger partial charge in [0, 0.05) is 20.2 Å². The molecule has 1 saturated heterocycles. The van der Waals surface area contributed by atoms with Gasteiger partial charge in [-0.2, -0.15) is 0 Å². The van der Waals surface area contributed by atoms with Crippen molar-refractivity contribution in [3.05, 3.63) is 0 Å². The number of piperidine rings is 1. The van der Waals surface area contributed by atoms with Crippen LogP contribution in [-0.2, 0) is 9.47 Å². The van der Waals surface area contributed by atoms with Crippen LogP contribution in [0, 0.1) is 0 Å². The van der Waals surface area contributed by atoms with Crippen LogP contribution in [0.4, 0.5) is 0 Å². The van der Waals surface area contributed by atoms with Crippen molar-refractivity contribution >= 4 is 0 Å². The predicted molar refractivity (Wildman–Crippen MR) is 64.7 cm³/mol. The topological polar surface area (TPSA) is 21.7 Å². The molecule has 0 spiro atoms. The second kappa shape index (κ2) is 5.99. The molecule has 0 aromatic rings. The molecule has 0 amide bonds. The lowest BCUT2D eigenvalue weighted by Gasteiger charge is -2.39. The predicted octanol–water partition coefficient (Wildman–Crippen LogP) is 2.05. The molecule has 94 valence electrons. The van der Waals surface area contributed by atoms with Crippen LogP contribution in [0.1, 0.15) is 39.0 Å². The van der Waals surface area contributed by atoms with E-state index in [-0.39, 0.29) is 0 Å². The molecule has 0 atom stereocenters. The Labute approximate surface area is 99.1 Å². The molecule has 2 aliphatic rings. The van der Waals surface area contributed by atoms with Gasteiger partial charge in [-0.1, -0.05) is 6.92 Å². The van der Waals surface area contributed by atoms with E-state index in [4.69, 9.17) is 9.47 Å². The minimum Gasteiger partial charge on any atom is -0.381 e. The third-order valence-electron chi connectivity index (χ3n) is 3.84. The van der Waals surface area contributed by atoms with Crippen LogP contribution in [0.15, 0.2) is 0 Å². The van der Waals surface area contributed by atoms with Crippen molar-refractivity contribution < 1.29 is 9.47 Å².